The summed E-state index contributed by atoms with van der Waals surface area (Å²) in [5, 5.41) is 0.201. The van der Waals surface area contributed by atoms with E-state index in [1.807, 2.05) is 13.8 Å². The molecule has 2 aliphatic rings. The molecule has 0 amide bonds. The minimum Gasteiger partial charge on any atom is -0.355 e. The summed E-state index contributed by atoms with van der Waals surface area (Å²) in [6.07, 6.45) is 0.0280. The molecule has 3 atom stereocenters. The number of fused-ring (bicyclic) bond motifs is 1. The molecule has 0 radical (unpaired) electrons. The van der Waals surface area contributed by atoms with Gasteiger partial charge in [0.15, 0.2) is 12.1 Å². The third kappa shape index (κ3) is 2.17. The number of hydrogen-bond donors (Lipinski definition) is 0. The van der Waals surface area contributed by atoms with Crippen LogP contribution in [0.25, 0.3) is 0 Å². The van der Waals surface area contributed by atoms with Crippen molar-refractivity contribution in [2.24, 2.45) is 0 Å². The minimum absolute atomic E-state index is 0.0786. The lowest BCUT2D eigenvalue weighted by Gasteiger charge is -2.25. The summed E-state index contributed by atoms with van der Waals surface area (Å²) in [6.45, 7) is 3.89. The van der Waals surface area contributed by atoms with Gasteiger partial charge in [0.05, 0.1) is 11.4 Å². The van der Waals surface area contributed by atoms with E-state index in [1.54, 1.807) is 26.0 Å². The Morgan fingerprint density at radius 1 is 1.27 bits per heavy atom. The van der Waals surface area contributed by atoms with Crippen LogP contribution in [0.4, 0.5) is 0 Å². The van der Waals surface area contributed by atoms with Crippen LogP contribution >= 0.6 is 11.8 Å². The Kier molecular flexibility index (Phi) is 3.28. The molecule has 0 saturated carbocycles. The second-order valence-corrected chi connectivity index (χ2v) is 5.49. The predicted octanol–water partition coefficient (Wildman–Crippen LogP) is 1.24. The Hall–Kier alpha value is 0.190. The molecule has 0 N–H and O–H groups in total. The molecule has 0 aromatic rings. The first-order valence-electron chi connectivity index (χ1n) is 5.10. The fourth-order valence-electron chi connectivity index (χ4n) is 2.17. The van der Waals surface area contributed by atoms with Crippen molar-refractivity contribution in [3.05, 3.63) is 0 Å². The van der Waals surface area contributed by atoms with Crippen molar-refractivity contribution in [3.63, 3.8) is 0 Å². The molecule has 15 heavy (non-hydrogen) atoms. The Morgan fingerprint density at radius 2 is 1.93 bits per heavy atom. The van der Waals surface area contributed by atoms with Gasteiger partial charge in [0, 0.05) is 20.0 Å². The monoisotopic (exact) mass is 234 g/mol. The average molecular weight is 234 g/mol. The molecule has 2 fully saturated rings. The highest BCUT2D eigenvalue weighted by atomic mass is 32.2. The van der Waals surface area contributed by atoms with E-state index >= 15 is 0 Å². The Bertz CT molecular complexity index is 227. The molecule has 0 aromatic carbocycles. The summed E-state index contributed by atoms with van der Waals surface area (Å²) in [5.41, 5.74) is 0. The highest BCUT2D eigenvalue weighted by Gasteiger charge is 2.52. The van der Waals surface area contributed by atoms with Gasteiger partial charge in [0.2, 0.25) is 0 Å². The van der Waals surface area contributed by atoms with Gasteiger partial charge in [-0.3, -0.25) is 0 Å². The number of hydrogen-bond acceptors (Lipinski definition) is 5. The first kappa shape index (κ1) is 11.7. The van der Waals surface area contributed by atoms with Crippen LogP contribution in [-0.2, 0) is 18.9 Å². The Labute approximate surface area is 94.6 Å². The third-order valence-corrected chi connectivity index (χ3v) is 4.13. The van der Waals surface area contributed by atoms with Crippen molar-refractivity contribution in [1.82, 2.24) is 0 Å². The average Bonchev–Trinajstić information content (AvgIpc) is 2.64. The van der Waals surface area contributed by atoms with Crippen LogP contribution in [0, 0.1) is 0 Å². The number of thioether (sulfide) groups is 1. The molecular formula is C10H18O4S. The number of rotatable bonds is 3. The molecule has 0 bridgehead atoms. The van der Waals surface area contributed by atoms with Gasteiger partial charge < -0.3 is 18.9 Å². The molecule has 88 valence electrons. The summed E-state index contributed by atoms with van der Waals surface area (Å²) in [5.74, 6) is 0.475. The summed E-state index contributed by atoms with van der Waals surface area (Å²) in [4.78, 5) is 0. The summed E-state index contributed by atoms with van der Waals surface area (Å²) in [7, 11) is 3.31. The lowest BCUT2D eigenvalue weighted by molar-refractivity contribution is -0.159. The standard InChI is InChI=1S/C10H18O4S/c1-10(2)13-6-5-15-8(7(6)14-10)9(11-3)12-4/h6-9H,5H2,1-4H3/t6-,7-,8-/m1/s1. The summed E-state index contributed by atoms with van der Waals surface area (Å²) >= 11 is 1.79. The topological polar surface area (TPSA) is 36.9 Å². The van der Waals surface area contributed by atoms with Gasteiger partial charge in [-0.2, -0.15) is 0 Å². The molecule has 4 nitrogen and oxygen atoms in total. The van der Waals surface area contributed by atoms with Gasteiger partial charge in [-0.1, -0.05) is 0 Å². The predicted molar refractivity (Wildman–Crippen MR) is 57.9 cm³/mol. The Morgan fingerprint density at radius 3 is 2.53 bits per heavy atom. The van der Waals surface area contributed by atoms with Crippen molar-refractivity contribution >= 4 is 11.8 Å². The van der Waals surface area contributed by atoms with E-state index in [0.717, 1.165) is 5.75 Å². The van der Waals surface area contributed by atoms with Gasteiger partial charge in [0.25, 0.3) is 0 Å². The smallest absolute Gasteiger partial charge is 0.171 e. The van der Waals surface area contributed by atoms with Crippen molar-refractivity contribution < 1.29 is 18.9 Å². The lowest BCUT2D eigenvalue weighted by atomic mass is 10.1. The molecule has 2 rings (SSSR count). The highest BCUT2D eigenvalue weighted by molar-refractivity contribution is 8.00. The van der Waals surface area contributed by atoms with Gasteiger partial charge in [-0.05, 0) is 13.8 Å². The SMILES string of the molecule is COC(OC)[C@@H]1SC[C@H]2OC(C)(C)O[C@H]21. The van der Waals surface area contributed by atoms with Gasteiger partial charge in [-0.15, -0.1) is 11.8 Å². The molecule has 2 aliphatic heterocycles. The van der Waals surface area contributed by atoms with Gasteiger partial charge >= 0.3 is 0 Å². The molecule has 0 aliphatic carbocycles. The molecule has 0 aromatic heterocycles. The largest absolute Gasteiger partial charge is 0.355 e. The molecular weight excluding hydrogens is 216 g/mol. The van der Waals surface area contributed by atoms with Crippen LogP contribution in [0.1, 0.15) is 13.8 Å². The zero-order valence-corrected chi connectivity index (χ0v) is 10.4. The van der Waals surface area contributed by atoms with Crippen molar-refractivity contribution in [3.8, 4) is 0 Å². The van der Waals surface area contributed by atoms with Crippen LogP contribution in [0.3, 0.4) is 0 Å². The first-order chi connectivity index (χ1) is 7.07. The van der Waals surface area contributed by atoms with E-state index in [0.29, 0.717) is 0 Å². The third-order valence-electron chi connectivity index (χ3n) is 2.73. The fraction of sp³-hybridized carbons (Fsp3) is 1.00. The van der Waals surface area contributed by atoms with E-state index in [9.17, 15) is 0 Å². The minimum atomic E-state index is -0.472. The highest BCUT2D eigenvalue weighted by Crippen LogP contribution is 2.42. The van der Waals surface area contributed by atoms with Gasteiger partial charge in [0.1, 0.15) is 6.10 Å². The van der Waals surface area contributed by atoms with Crippen LogP contribution in [-0.4, -0.2) is 49.5 Å². The van der Waals surface area contributed by atoms with E-state index in [-0.39, 0.29) is 23.7 Å². The van der Waals surface area contributed by atoms with E-state index < -0.39 is 5.79 Å². The van der Waals surface area contributed by atoms with Crippen LogP contribution in [0.2, 0.25) is 0 Å². The fourth-order valence-corrected chi connectivity index (χ4v) is 3.64. The second-order valence-electron chi connectivity index (χ2n) is 4.28. The number of ether oxygens (including phenoxy) is 4. The van der Waals surface area contributed by atoms with Gasteiger partial charge in [-0.25, -0.2) is 0 Å². The normalized spacial score (nSPS) is 38.6. The zero-order chi connectivity index (χ0) is 11.1. The molecule has 0 spiro atoms. The molecule has 2 heterocycles. The lowest BCUT2D eigenvalue weighted by Crippen LogP contribution is -2.38. The maximum Gasteiger partial charge on any atom is 0.171 e. The van der Waals surface area contributed by atoms with Crippen LogP contribution in [0.5, 0.6) is 0 Å². The first-order valence-corrected chi connectivity index (χ1v) is 6.15. The van der Waals surface area contributed by atoms with Crippen LogP contribution in [0.15, 0.2) is 0 Å². The van der Waals surface area contributed by atoms with Crippen molar-refractivity contribution in [1.29, 1.82) is 0 Å². The van der Waals surface area contributed by atoms with Crippen molar-refractivity contribution in [2.75, 3.05) is 20.0 Å². The van der Waals surface area contributed by atoms with E-state index in [1.165, 1.54) is 0 Å². The molecule has 2 saturated heterocycles. The Balaban J connectivity index is 2.05. The van der Waals surface area contributed by atoms with Crippen molar-refractivity contribution in [2.45, 2.75) is 43.4 Å². The van der Waals surface area contributed by atoms with E-state index in [2.05, 4.69) is 0 Å². The summed E-state index contributed by atoms with van der Waals surface area (Å²) < 4.78 is 22.2. The molecule has 5 heteroatoms. The second kappa shape index (κ2) is 4.22. The van der Waals surface area contributed by atoms with Crippen LogP contribution < -0.4 is 0 Å². The molecule has 0 unspecified atom stereocenters. The quantitative estimate of drug-likeness (QED) is 0.687. The maximum absolute atomic E-state index is 5.87. The van der Waals surface area contributed by atoms with E-state index in [4.69, 9.17) is 18.9 Å². The maximum atomic E-state index is 5.87. The number of methoxy groups -OCH3 is 2. The zero-order valence-electron chi connectivity index (χ0n) is 9.56. The summed E-state index contributed by atoms with van der Waals surface area (Å²) in [6, 6.07) is 0.